The van der Waals surface area contributed by atoms with Crippen LogP contribution in [-0.2, 0) is 11.3 Å². The number of carbonyl (C=O) groups is 1. The highest BCUT2D eigenvalue weighted by Gasteiger charge is 2.26. The van der Waals surface area contributed by atoms with Gasteiger partial charge in [-0.15, -0.1) is 0 Å². The maximum absolute atomic E-state index is 12.1. The number of rotatable bonds is 9. The lowest BCUT2D eigenvalue weighted by Gasteiger charge is -2.22. The number of guanidine groups is 1. The topological polar surface area (TPSA) is 70.4 Å². The second-order valence-corrected chi connectivity index (χ2v) is 7.29. The molecule has 0 atom stereocenters. The minimum atomic E-state index is -0.525. The lowest BCUT2D eigenvalue weighted by Crippen LogP contribution is -2.42. The van der Waals surface area contributed by atoms with Gasteiger partial charge in [0.2, 0.25) is 5.91 Å². The predicted molar refractivity (Wildman–Crippen MR) is 113 cm³/mol. The smallest absolute Gasteiger partial charge is 0.227 e. The molecule has 0 unspecified atom stereocenters. The van der Waals surface area contributed by atoms with Gasteiger partial charge in [-0.3, -0.25) is 9.79 Å². The molecule has 0 aliphatic carbocycles. The number of fused-ring (bicyclic) bond motifs is 1. The molecule has 0 bridgehead atoms. The Bertz CT molecular complexity index is 763. The van der Waals surface area contributed by atoms with E-state index in [4.69, 9.17) is 0 Å². The van der Waals surface area contributed by atoms with Gasteiger partial charge in [0, 0.05) is 37.9 Å². The van der Waals surface area contributed by atoms with Crippen LogP contribution in [0.15, 0.2) is 41.5 Å². The molecule has 2 rings (SSSR count). The van der Waals surface area contributed by atoms with Crippen LogP contribution in [0.4, 0.5) is 0 Å². The van der Waals surface area contributed by atoms with Crippen molar-refractivity contribution in [1.29, 1.82) is 0 Å². The zero-order chi connectivity index (χ0) is 19.7. The van der Waals surface area contributed by atoms with Gasteiger partial charge in [0.15, 0.2) is 5.96 Å². The summed E-state index contributed by atoms with van der Waals surface area (Å²) in [6.45, 7) is 11.4. The molecule has 0 saturated carbocycles. The number of para-hydroxylation sites is 1. The lowest BCUT2D eigenvalue weighted by molar-refractivity contribution is -0.128. The van der Waals surface area contributed by atoms with E-state index in [1.807, 2.05) is 27.7 Å². The fraction of sp³-hybridized carbons (Fsp3) is 0.524. The van der Waals surface area contributed by atoms with Crippen molar-refractivity contribution in [2.24, 2.45) is 10.4 Å². The first kappa shape index (κ1) is 20.8. The Morgan fingerprint density at radius 3 is 2.56 bits per heavy atom. The standard InChI is InChI=1S/C21H33N5O/c1-5-22-19(27)21(3,4)16-25-20(23-6-2)24-13-9-14-26-15-12-17-10-7-8-11-18(17)26/h7-8,10-12,15H,5-6,9,13-14,16H2,1-4H3,(H,22,27)(H2,23,24,25). The average Bonchev–Trinajstić information content (AvgIpc) is 3.06. The number of hydrogen-bond acceptors (Lipinski definition) is 2. The van der Waals surface area contributed by atoms with E-state index in [1.165, 1.54) is 10.9 Å². The van der Waals surface area contributed by atoms with E-state index in [-0.39, 0.29) is 5.91 Å². The maximum atomic E-state index is 12.1. The molecule has 148 valence electrons. The monoisotopic (exact) mass is 371 g/mol. The summed E-state index contributed by atoms with van der Waals surface area (Å²) in [4.78, 5) is 16.7. The molecule has 0 fully saturated rings. The minimum Gasteiger partial charge on any atom is -0.357 e. The number of aliphatic imine (C=N–C) groups is 1. The number of nitrogens with zero attached hydrogens (tertiary/aromatic N) is 2. The Morgan fingerprint density at radius 2 is 1.81 bits per heavy atom. The number of aromatic nitrogens is 1. The van der Waals surface area contributed by atoms with Crippen molar-refractivity contribution in [2.45, 2.75) is 40.7 Å². The van der Waals surface area contributed by atoms with E-state index in [2.05, 4.69) is 62.0 Å². The van der Waals surface area contributed by atoms with Crippen LogP contribution in [0.3, 0.4) is 0 Å². The summed E-state index contributed by atoms with van der Waals surface area (Å²) in [5.74, 6) is 0.788. The third-order valence-corrected chi connectivity index (χ3v) is 4.48. The summed E-state index contributed by atoms with van der Waals surface area (Å²) in [5, 5.41) is 10.8. The summed E-state index contributed by atoms with van der Waals surface area (Å²) in [5.41, 5.74) is 0.740. The number of aryl methyl sites for hydroxylation is 1. The van der Waals surface area contributed by atoms with E-state index >= 15 is 0 Å². The van der Waals surface area contributed by atoms with Crippen LogP contribution >= 0.6 is 0 Å². The first-order chi connectivity index (χ1) is 13.0. The fourth-order valence-electron chi connectivity index (χ4n) is 2.88. The summed E-state index contributed by atoms with van der Waals surface area (Å²) in [7, 11) is 0. The van der Waals surface area contributed by atoms with Crippen molar-refractivity contribution in [2.75, 3.05) is 26.2 Å². The molecule has 0 saturated heterocycles. The van der Waals surface area contributed by atoms with Crippen LogP contribution in [0.5, 0.6) is 0 Å². The van der Waals surface area contributed by atoms with Crippen molar-refractivity contribution in [1.82, 2.24) is 20.5 Å². The molecule has 1 aromatic heterocycles. The largest absolute Gasteiger partial charge is 0.357 e. The maximum Gasteiger partial charge on any atom is 0.227 e. The van der Waals surface area contributed by atoms with Gasteiger partial charge in [0.1, 0.15) is 0 Å². The number of carbonyl (C=O) groups excluding carboxylic acids is 1. The van der Waals surface area contributed by atoms with Crippen molar-refractivity contribution in [3.63, 3.8) is 0 Å². The third-order valence-electron chi connectivity index (χ3n) is 4.48. The predicted octanol–water partition coefficient (Wildman–Crippen LogP) is 2.75. The van der Waals surface area contributed by atoms with Crippen LogP contribution < -0.4 is 16.0 Å². The number of hydrogen-bond donors (Lipinski definition) is 3. The van der Waals surface area contributed by atoms with Gasteiger partial charge in [-0.2, -0.15) is 0 Å². The Balaban J connectivity index is 1.85. The molecule has 1 aromatic carbocycles. The first-order valence-electron chi connectivity index (χ1n) is 9.82. The Labute approximate surface area is 162 Å². The van der Waals surface area contributed by atoms with Gasteiger partial charge in [-0.25, -0.2) is 0 Å². The van der Waals surface area contributed by atoms with Crippen LogP contribution in [-0.4, -0.2) is 42.6 Å². The third kappa shape index (κ3) is 6.01. The zero-order valence-electron chi connectivity index (χ0n) is 17.0. The molecule has 3 N–H and O–H groups in total. The normalized spacial score (nSPS) is 12.2. The van der Waals surface area contributed by atoms with Gasteiger partial charge in [0.05, 0.1) is 12.0 Å². The minimum absolute atomic E-state index is 0.0316. The summed E-state index contributed by atoms with van der Waals surface area (Å²) in [6.07, 6.45) is 3.13. The zero-order valence-corrected chi connectivity index (χ0v) is 17.0. The van der Waals surface area contributed by atoms with Gasteiger partial charge in [0.25, 0.3) is 0 Å². The van der Waals surface area contributed by atoms with Crippen LogP contribution in [0.25, 0.3) is 10.9 Å². The molecule has 0 spiro atoms. The van der Waals surface area contributed by atoms with Gasteiger partial charge < -0.3 is 20.5 Å². The van der Waals surface area contributed by atoms with Crippen molar-refractivity contribution >= 4 is 22.8 Å². The van der Waals surface area contributed by atoms with E-state index in [1.54, 1.807) is 0 Å². The highest BCUT2D eigenvalue weighted by molar-refractivity contribution is 5.83. The molecular weight excluding hydrogens is 338 g/mol. The van der Waals surface area contributed by atoms with E-state index in [0.29, 0.717) is 13.1 Å². The average molecular weight is 372 g/mol. The quantitative estimate of drug-likeness (QED) is 0.361. The molecule has 1 heterocycles. The Hall–Kier alpha value is -2.50. The number of amides is 1. The molecule has 27 heavy (non-hydrogen) atoms. The molecule has 0 aliphatic rings. The van der Waals surface area contributed by atoms with Gasteiger partial charge in [-0.1, -0.05) is 18.2 Å². The molecule has 6 nitrogen and oxygen atoms in total. The highest BCUT2D eigenvalue weighted by Crippen LogP contribution is 2.16. The Kier molecular flexibility index (Phi) is 7.70. The molecular formula is C21H33N5O. The van der Waals surface area contributed by atoms with E-state index < -0.39 is 5.41 Å². The Morgan fingerprint density at radius 1 is 1.07 bits per heavy atom. The SMILES string of the molecule is CCNC(=O)C(C)(C)CN=C(NCC)NCCCn1ccc2ccccc21. The van der Waals surface area contributed by atoms with Gasteiger partial charge >= 0.3 is 0 Å². The van der Waals surface area contributed by atoms with Crippen molar-refractivity contribution < 1.29 is 4.79 Å². The van der Waals surface area contributed by atoms with E-state index in [9.17, 15) is 4.79 Å². The second kappa shape index (κ2) is 10.00. The molecule has 1 amide bonds. The van der Waals surface area contributed by atoms with Crippen LogP contribution in [0, 0.1) is 5.41 Å². The van der Waals surface area contributed by atoms with Crippen LogP contribution in [0.2, 0.25) is 0 Å². The summed E-state index contributed by atoms with van der Waals surface area (Å²) < 4.78 is 2.28. The lowest BCUT2D eigenvalue weighted by atomic mass is 9.92. The van der Waals surface area contributed by atoms with Gasteiger partial charge in [-0.05, 0) is 51.6 Å². The van der Waals surface area contributed by atoms with Crippen molar-refractivity contribution in [3.05, 3.63) is 36.5 Å². The number of benzene rings is 1. The molecule has 0 radical (unpaired) electrons. The van der Waals surface area contributed by atoms with Crippen molar-refractivity contribution in [3.8, 4) is 0 Å². The molecule has 0 aliphatic heterocycles. The van der Waals surface area contributed by atoms with Crippen LogP contribution in [0.1, 0.15) is 34.1 Å². The summed E-state index contributed by atoms with van der Waals surface area (Å²) >= 11 is 0. The second-order valence-electron chi connectivity index (χ2n) is 7.29. The fourth-order valence-corrected chi connectivity index (χ4v) is 2.88. The van der Waals surface area contributed by atoms with E-state index in [0.717, 1.165) is 32.0 Å². The molecule has 6 heteroatoms. The molecule has 2 aromatic rings. The highest BCUT2D eigenvalue weighted by atomic mass is 16.2. The first-order valence-corrected chi connectivity index (χ1v) is 9.82. The summed E-state index contributed by atoms with van der Waals surface area (Å²) in [6, 6.07) is 10.6. The number of nitrogens with one attached hydrogen (secondary N) is 3.